The van der Waals surface area contributed by atoms with Crippen molar-refractivity contribution in [3.05, 3.63) is 64.9 Å². The summed E-state index contributed by atoms with van der Waals surface area (Å²) in [7, 11) is 0. The minimum absolute atomic E-state index is 0.0786. The average Bonchev–Trinajstić information content (AvgIpc) is 2.51. The van der Waals surface area contributed by atoms with Gasteiger partial charge in [-0.2, -0.15) is 5.26 Å². The van der Waals surface area contributed by atoms with Crippen molar-refractivity contribution in [3.63, 3.8) is 0 Å². The van der Waals surface area contributed by atoms with E-state index in [9.17, 15) is 10.1 Å². The molecule has 0 spiro atoms. The molecule has 106 valence electrons. The van der Waals surface area contributed by atoms with Crippen LogP contribution in [0.15, 0.2) is 48.7 Å². The summed E-state index contributed by atoms with van der Waals surface area (Å²) in [6.07, 6.45) is 3.48. The number of aromatic nitrogens is 1. The Morgan fingerprint density at radius 2 is 2.00 bits per heavy atom. The lowest BCUT2D eigenvalue weighted by atomic mass is 9.96. The second kappa shape index (κ2) is 7.56. The molecule has 0 saturated carbocycles. The van der Waals surface area contributed by atoms with Crippen LogP contribution in [-0.4, -0.2) is 10.8 Å². The first-order chi connectivity index (χ1) is 10.2. The Kier molecular flexibility index (Phi) is 5.48. The van der Waals surface area contributed by atoms with Gasteiger partial charge in [-0.25, -0.2) is 0 Å². The summed E-state index contributed by atoms with van der Waals surface area (Å²) in [5.41, 5.74) is 1.66. The summed E-state index contributed by atoms with van der Waals surface area (Å²) in [5, 5.41) is 9.87. The number of aryl methyl sites for hydroxylation is 1. The van der Waals surface area contributed by atoms with Gasteiger partial charge < -0.3 is 0 Å². The summed E-state index contributed by atoms with van der Waals surface area (Å²) in [6, 6.07) is 14.9. The van der Waals surface area contributed by atoms with E-state index in [2.05, 4.69) is 4.98 Å². The van der Waals surface area contributed by atoms with E-state index >= 15 is 0 Å². The number of pyridine rings is 1. The largest absolute Gasteiger partial charge is 0.298 e. The molecule has 4 heteroatoms. The highest BCUT2D eigenvalue weighted by molar-refractivity contribution is 6.30. The zero-order chi connectivity index (χ0) is 15.1. The number of carbonyl (C=O) groups excluding carboxylic acids is 1. The molecule has 0 aliphatic heterocycles. The predicted molar refractivity (Wildman–Crippen MR) is 82.0 cm³/mol. The smallest absolute Gasteiger partial charge is 0.156 e. The van der Waals surface area contributed by atoms with Gasteiger partial charge in [0.15, 0.2) is 5.78 Å². The molecule has 0 saturated heterocycles. The summed E-state index contributed by atoms with van der Waals surface area (Å²) in [6.45, 7) is 0. The summed E-state index contributed by atoms with van der Waals surface area (Å²) >= 11 is 5.83. The van der Waals surface area contributed by atoms with Gasteiger partial charge in [-0.05, 0) is 42.7 Å². The van der Waals surface area contributed by atoms with Crippen LogP contribution in [0.1, 0.15) is 30.0 Å². The third kappa shape index (κ3) is 4.40. The molecule has 2 rings (SSSR count). The maximum Gasteiger partial charge on any atom is 0.156 e. The Morgan fingerprint density at radius 3 is 2.62 bits per heavy atom. The van der Waals surface area contributed by atoms with Gasteiger partial charge in [0.05, 0.1) is 11.8 Å². The number of halogens is 1. The van der Waals surface area contributed by atoms with Crippen molar-refractivity contribution >= 4 is 17.4 Å². The van der Waals surface area contributed by atoms with Gasteiger partial charge >= 0.3 is 0 Å². The van der Waals surface area contributed by atoms with E-state index in [1.54, 1.807) is 24.4 Å². The number of Topliss-reactive ketones (excluding diaryl/α,β-unsaturated/α-hetero) is 1. The molecule has 1 atom stereocenters. The second-order valence-corrected chi connectivity index (χ2v) is 5.20. The number of hydrogen-bond acceptors (Lipinski definition) is 3. The van der Waals surface area contributed by atoms with Gasteiger partial charge in [-0.15, -0.1) is 0 Å². The predicted octanol–water partition coefficient (Wildman–Crippen LogP) is 3.93. The van der Waals surface area contributed by atoms with E-state index in [-0.39, 0.29) is 5.78 Å². The third-order valence-electron chi connectivity index (χ3n) is 3.24. The number of nitriles is 1. The fourth-order valence-electron chi connectivity index (χ4n) is 2.11. The number of rotatable bonds is 6. The Balaban J connectivity index is 1.89. The van der Waals surface area contributed by atoms with Crippen molar-refractivity contribution in [1.82, 2.24) is 4.98 Å². The van der Waals surface area contributed by atoms with Crippen LogP contribution in [0.4, 0.5) is 0 Å². The number of carbonyl (C=O) groups is 1. The first-order valence-electron chi connectivity index (χ1n) is 6.78. The topological polar surface area (TPSA) is 53.8 Å². The van der Waals surface area contributed by atoms with E-state index in [1.807, 2.05) is 30.3 Å². The highest BCUT2D eigenvalue weighted by Gasteiger charge is 2.20. The van der Waals surface area contributed by atoms with Crippen molar-refractivity contribution in [2.75, 3.05) is 0 Å². The van der Waals surface area contributed by atoms with Crippen molar-refractivity contribution < 1.29 is 4.79 Å². The van der Waals surface area contributed by atoms with Crippen molar-refractivity contribution in [3.8, 4) is 6.07 Å². The minimum Gasteiger partial charge on any atom is -0.298 e. The lowest BCUT2D eigenvalue weighted by molar-refractivity contribution is -0.119. The van der Waals surface area contributed by atoms with Crippen LogP contribution in [0.5, 0.6) is 0 Å². The van der Waals surface area contributed by atoms with Crippen LogP contribution in [0, 0.1) is 11.3 Å². The van der Waals surface area contributed by atoms with E-state index in [0.29, 0.717) is 23.6 Å². The molecule has 0 bridgehead atoms. The highest BCUT2D eigenvalue weighted by Crippen LogP contribution is 2.17. The van der Waals surface area contributed by atoms with Crippen LogP contribution in [-0.2, 0) is 11.2 Å². The van der Waals surface area contributed by atoms with Gasteiger partial charge in [-0.1, -0.05) is 29.8 Å². The molecule has 1 aromatic carbocycles. The maximum atomic E-state index is 12.1. The Bertz CT molecular complexity index is 632. The molecule has 1 heterocycles. The third-order valence-corrected chi connectivity index (χ3v) is 3.49. The van der Waals surface area contributed by atoms with Crippen molar-refractivity contribution in [1.29, 1.82) is 5.26 Å². The zero-order valence-electron chi connectivity index (χ0n) is 11.5. The molecule has 0 N–H and O–H groups in total. The average molecular weight is 299 g/mol. The summed E-state index contributed by atoms with van der Waals surface area (Å²) < 4.78 is 0. The lowest BCUT2D eigenvalue weighted by Gasteiger charge is -2.07. The standard InChI is InChI=1S/C17H15ClN2O/c18-14-9-7-13(8-10-14)4-3-6-17(21)15(12-19)16-5-1-2-11-20-16/h1-2,5,7-11,15H,3-4,6H2. The quantitative estimate of drug-likeness (QED) is 0.812. The number of nitrogens with zero attached hydrogens (tertiary/aromatic N) is 2. The van der Waals surface area contributed by atoms with Crippen LogP contribution < -0.4 is 0 Å². The van der Waals surface area contributed by atoms with Crippen LogP contribution in [0.25, 0.3) is 0 Å². The first-order valence-corrected chi connectivity index (χ1v) is 7.16. The monoisotopic (exact) mass is 298 g/mol. The molecule has 2 aromatic rings. The molecule has 3 nitrogen and oxygen atoms in total. The normalized spacial score (nSPS) is 11.6. The summed E-state index contributed by atoms with van der Waals surface area (Å²) in [4.78, 5) is 16.2. The number of benzene rings is 1. The van der Waals surface area contributed by atoms with Crippen molar-refractivity contribution in [2.45, 2.75) is 25.2 Å². The van der Waals surface area contributed by atoms with E-state index < -0.39 is 5.92 Å². The molecule has 1 aromatic heterocycles. The summed E-state index contributed by atoms with van der Waals surface area (Å²) in [5.74, 6) is -0.846. The number of ketones is 1. The molecule has 0 aliphatic rings. The lowest BCUT2D eigenvalue weighted by Crippen LogP contribution is -2.12. The molecule has 1 unspecified atom stereocenters. The number of hydrogen-bond donors (Lipinski definition) is 0. The van der Waals surface area contributed by atoms with Crippen molar-refractivity contribution in [2.24, 2.45) is 0 Å². The zero-order valence-corrected chi connectivity index (χ0v) is 12.3. The first kappa shape index (κ1) is 15.2. The fraction of sp³-hybridized carbons (Fsp3) is 0.235. The van der Waals surface area contributed by atoms with Gasteiger partial charge in [0.25, 0.3) is 0 Å². The van der Waals surface area contributed by atoms with Crippen LogP contribution in [0.2, 0.25) is 5.02 Å². The molecule has 21 heavy (non-hydrogen) atoms. The minimum atomic E-state index is -0.767. The molecule has 0 radical (unpaired) electrons. The molecule has 0 aliphatic carbocycles. The van der Waals surface area contributed by atoms with Gasteiger partial charge in [0.2, 0.25) is 0 Å². The van der Waals surface area contributed by atoms with E-state index in [4.69, 9.17) is 11.6 Å². The fourth-order valence-corrected chi connectivity index (χ4v) is 2.24. The Hall–Kier alpha value is -2.18. The molecule has 0 amide bonds. The molecule has 0 fully saturated rings. The highest BCUT2D eigenvalue weighted by atomic mass is 35.5. The maximum absolute atomic E-state index is 12.1. The molecular formula is C17H15ClN2O. The molecular weight excluding hydrogens is 284 g/mol. The van der Waals surface area contributed by atoms with Crippen LogP contribution in [0.3, 0.4) is 0 Å². The Morgan fingerprint density at radius 1 is 1.24 bits per heavy atom. The Labute approximate surface area is 129 Å². The van der Waals surface area contributed by atoms with E-state index in [1.165, 1.54) is 0 Å². The van der Waals surface area contributed by atoms with Crippen LogP contribution >= 0.6 is 11.6 Å². The second-order valence-electron chi connectivity index (χ2n) is 4.76. The SMILES string of the molecule is N#CC(C(=O)CCCc1ccc(Cl)cc1)c1ccccn1. The van der Waals surface area contributed by atoms with Gasteiger partial charge in [0.1, 0.15) is 5.92 Å². The van der Waals surface area contributed by atoms with Gasteiger partial charge in [-0.3, -0.25) is 9.78 Å². The van der Waals surface area contributed by atoms with Gasteiger partial charge in [0, 0.05) is 17.6 Å². The van der Waals surface area contributed by atoms with E-state index in [0.717, 1.165) is 12.0 Å².